The first-order valence-corrected chi connectivity index (χ1v) is 9.46. The number of amides is 1. The summed E-state index contributed by atoms with van der Waals surface area (Å²) in [6, 6.07) is 7.94. The lowest BCUT2D eigenvalue weighted by Crippen LogP contribution is -2.43. The number of nitrogens with zero attached hydrogens (tertiary/aromatic N) is 1. The van der Waals surface area contributed by atoms with Crippen molar-refractivity contribution in [2.24, 2.45) is 0 Å². The van der Waals surface area contributed by atoms with Crippen LogP contribution in [-0.4, -0.2) is 43.7 Å². The van der Waals surface area contributed by atoms with Crippen LogP contribution in [0.2, 0.25) is 0 Å². The zero-order chi connectivity index (χ0) is 16.8. The van der Waals surface area contributed by atoms with E-state index in [0.717, 1.165) is 26.3 Å². The van der Waals surface area contributed by atoms with Crippen LogP contribution in [-0.2, 0) is 9.53 Å². The van der Waals surface area contributed by atoms with E-state index in [-0.39, 0.29) is 11.9 Å². The van der Waals surface area contributed by atoms with Gasteiger partial charge in [0.2, 0.25) is 5.91 Å². The van der Waals surface area contributed by atoms with Gasteiger partial charge in [0.25, 0.3) is 0 Å². The molecule has 2 aromatic heterocycles. The average molecular weight is 411 g/mol. The quantitative estimate of drug-likeness (QED) is 0.742. The molecule has 0 saturated carbocycles. The van der Waals surface area contributed by atoms with Crippen molar-refractivity contribution in [3.63, 3.8) is 0 Å². The van der Waals surface area contributed by atoms with E-state index < -0.39 is 0 Å². The summed E-state index contributed by atoms with van der Waals surface area (Å²) in [4.78, 5) is 15.7. The number of nitrogens with one attached hydrogen (secondary N) is 1. The number of carbonyl (C=O) groups is 1. The average Bonchev–Trinajstić information content (AvgIpc) is 3.26. The summed E-state index contributed by atoms with van der Waals surface area (Å²) in [5, 5.41) is 5.06. The maximum atomic E-state index is 12.1. The number of hydrogen-bond acceptors (Lipinski definition) is 5. The van der Waals surface area contributed by atoms with Crippen molar-refractivity contribution < 1.29 is 13.9 Å². The van der Waals surface area contributed by atoms with Crippen LogP contribution in [0.25, 0.3) is 6.08 Å². The first-order chi connectivity index (χ1) is 11.7. The van der Waals surface area contributed by atoms with E-state index in [4.69, 9.17) is 9.15 Å². The Morgan fingerprint density at radius 2 is 2.21 bits per heavy atom. The van der Waals surface area contributed by atoms with Crippen LogP contribution in [0.1, 0.15) is 16.7 Å². The van der Waals surface area contributed by atoms with E-state index in [0.29, 0.717) is 17.0 Å². The van der Waals surface area contributed by atoms with Gasteiger partial charge in [0.1, 0.15) is 5.76 Å². The Labute approximate surface area is 153 Å². The minimum absolute atomic E-state index is 0.127. The number of halogens is 1. The Balaban J connectivity index is 1.58. The van der Waals surface area contributed by atoms with E-state index in [9.17, 15) is 4.79 Å². The van der Waals surface area contributed by atoms with Gasteiger partial charge in [-0.15, -0.1) is 11.3 Å². The van der Waals surface area contributed by atoms with Crippen LogP contribution in [0.15, 0.2) is 44.8 Å². The molecule has 1 fully saturated rings. The monoisotopic (exact) mass is 410 g/mol. The fourth-order valence-corrected chi connectivity index (χ4v) is 3.79. The molecule has 1 aliphatic heterocycles. The summed E-state index contributed by atoms with van der Waals surface area (Å²) in [6.07, 6.45) is 3.16. The predicted molar refractivity (Wildman–Crippen MR) is 97.9 cm³/mol. The highest BCUT2D eigenvalue weighted by molar-refractivity contribution is 9.10. The number of hydrogen-bond donors (Lipinski definition) is 1. The van der Waals surface area contributed by atoms with Gasteiger partial charge in [0.15, 0.2) is 4.67 Å². The molecule has 24 heavy (non-hydrogen) atoms. The van der Waals surface area contributed by atoms with Gasteiger partial charge in [-0.2, -0.15) is 0 Å². The number of ether oxygens (including phenoxy) is 1. The van der Waals surface area contributed by atoms with Gasteiger partial charge >= 0.3 is 0 Å². The lowest BCUT2D eigenvalue weighted by molar-refractivity contribution is -0.116. The molecule has 3 heterocycles. The largest absolute Gasteiger partial charge is 0.450 e. The second kappa shape index (κ2) is 8.62. The van der Waals surface area contributed by atoms with Crippen LogP contribution in [0.5, 0.6) is 0 Å². The van der Waals surface area contributed by atoms with Crippen molar-refractivity contribution in [3.05, 3.63) is 51.0 Å². The normalized spacial score (nSPS) is 17.2. The molecule has 0 aliphatic carbocycles. The summed E-state index contributed by atoms with van der Waals surface area (Å²) in [5.41, 5.74) is 0. The standard InChI is InChI=1S/C17H19BrN2O3S/c18-16-5-3-13(23-16)4-6-17(21)19-12-14(15-2-1-11-24-15)20-7-9-22-10-8-20/h1-6,11,14H,7-10,12H2,(H,19,21)/b6-4-/t14-/m0/s1. The minimum atomic E-state index is -0.127. The van der Waals surface area contributed by atoms with E-state index in [2.05, 4.69) is 37.6 Å². The van der Waals surface area contributed by atoms with Crippen LogP contribution < -0.4 is 5.32 Å². The van der Waals surface area contributed by atoms with E-state index in [1.807, 2.05) is 6.07 Å². The number of furan rings is 1. The molecule has 0 radical (unpaired) electrons. The van der Waals surface area contributed by atoms with E-state index >= 15 is 0 Å². The molecule has 7 heteroatoms. The second-order valence-electron chi connectivity index (χ2n) is 5.40. The third-order valence-corrected chi connectivity index (χ3v) is 5.22. The van der Waals surface area contributed by atoms with Gasteiger partial charge in [-0.3, -0.25) is 9.69 Å². The summed E-state index contributed by atoms with van der Waals surface area (Å²) in [5.74, 6) is 0.511. The Bertz CT molecular complexity index is 678. The Morgan fingerprint density at radius 3 is 2.88 bits per heavy atom. The molecule has 3 rings (SSSR count). The van der Waals surface area contributed by atoms with Crippen molar-refractivity contribution in [1.29, 1.82) is 0 Å². The van der Waals surface area contributed by atoms with Crippen LogP contribution >= 0.6 is 27.3 Å². The molecule has 1 N–H and O–H groups in total. The predicted octanol–water partition coefficient (Wildman–Crippen LogP) is 3.31. The van der Waals surface area contributed by atoms with Gasteiger partial charge in [-0.05, 0) is 45.6 Å². The number of rotatable bonds is 6. The first kappa shape index (κ1) is 17.4. The highest BCUT2D eigenvalue weighted by Gasteiger charge is 2.23. The number of thiophene rings is 1. The van der Waals surface area contributed by atoms with E-state index in [1.165, 1.54) is 11.0 Å². The molecule has 0 unspecified atom stereocenters. The molecular formula is C17H19BrN2O3S. The van der Waals surface area contributed by atoms with Gasteiger partial charge in [0, 0.05) is 30.6 Å². The second-order valence-corrected chi connectivity index (χ2v) is 7.16. The van der Waals surface area contributed by atoms with Gasteiger partial charge in [-0.25, -0.2) is 0 Å². The maximum absolute atomic E-state index is 12.1. The smallest absolute Gasteiger partial charge is 0.244 e. The van der Waals surface area contributed by atoms with Gasteiger partial charge in [-0.1, -0.05) is 6.07 Å². The summed E-state index contributed by atoms with van der Waals surface area (Å²) >= 11 is 4.96. The minimum Gasteiger partial charge on any atom is -0.450 e. The zero-order valence-corrected chi connectivity index (χ0v) is 15.5. The molecule has 2 aromatic rings. The molecule has 1 aliphatic rings. The zero-order valence-electron chi connectivity index (χ0n) is 13.1. The van der Waals surface area contributed by atoms with Crippen LogP contribution in [0.4, 0.5) is 0 Å². The molecule has 5 nitrogen and oxygen atoms in total. The molecule has 1 atom stereocenters. The SMILES string of the molecule is O=C(/C=C\c1ccc(Br)o1)NC[C@@H](c1cccs1)N1CCOCC1. The van der Waals surface area contributed by atoms with Crippen LogP contribution in [0, 0.1) is 0 Å². The maximum Gasteiger partial charge on any atom is 0.244 e. The molecule has 1 amide bonds. The summed E-state index contributed by atoms with van der Waals surface area (Å²) in [6.45, 7) is 3.82. The Hall–Kier alpha value is -1.41. The van der Waals surface area contributed by atoms with Gasteiger partial charge in [0.05, 0.1) is 19.3 Å². The fourth-order valence-electron chi connectivity index (χ4n) is 2.61. The summed E-state index contributed by atoms with van der Waals surface area (Å²) < 4.78 is 11.4. The number of morpholine rings is 1. The van der Waals surface area contributed by atoms with Crippen molar-refractivity contribution >= 4 is 39.2 Å². The third-order valence-electron chi connectivity index (χ3n) is 3.82. The molecule has 0 aromatic carbocycles. The Kier molecular flexibility index (Phi) is 6.25. The highest BCUT2D eigenvalue weighted by Crippen LogP contribution is 2.25. The molecular weight excluding hydrogens is 392 g/mol. The lowest BCUT2D eigenvalue weighted by Gasteiger charge is -2.34. The molecule has 128 valence electrons. The van der Waals surface area contributed by atoms with Crippen molar-refractivity contribution in [2.75, 3.05) is 32.8 Å². The highest BCUT2D eigenvalue weighted by atomic mass is 79.9. The lowest BCUT2D eigenvalue weighted by atomic mass is 10.2. The Morgan fingerprint density at radius 1 is 1.38 bits per heavy atom. The van der Waals surface area contributed by atoms with Crippen molar-refractivity contribution in [2.45, 2.75) is 6.04 Å². The molecule has 0 spiro atoms. The topological polar surface area (TPSA) is 54.7 Å². The first-order valence-electron chi connectivity index (χ1n) is 7.79. The van der Waals surface area contributed by atoms with E-state index in [1.54, 1.807) is 29.5 Å². The summed E-state index contributed by atoms with van der Waals surface area (Å²) in [7, 11) is 0. The molecule has 0 bridgehead atoms. The van der Waals surface area contributed by atoms with Crippen molar-refractivity contribution in [1.82, 2.24) is 10.2 Å². The van der Waals surface area contributed by atoms with Crippen LogP contribution in [0.3, 0.4) is 0 Å². The van der Waals surface area contributed by atoms with Gasteiger partial charge < -0.3 is 14.5 Å². The number of carbonyl (C=O) groups excluding carboxylic acids is 1. The van der Waals surface area contributed by atoms with Crippen molar-refractivity contribution in [3.8, 4) is 0 Å². The molecule has 1 saturated heterocycles. The third kappa shape index (κ3) is 4.80. The fraction of sp³-hybridized carbons (Fsp3) is 0.353.